The van der Waals surface area contributed by atoms with Crippen LogP contribution in [0.1, 0.15) is 6.42 Å². The fourth-order valence-electron chi connectivity index (χ4n) is 1.94. The molecule has 10 heteroatoms. The van der Waals surface area contributed by atoms with Crippen LogP contribution in [0.2, 0.25) is 0 Å². The normalized spacial score (nSPS) is 12.0. The molecule has 2 rings (SSSR count). The summed E-state index contributed by atoms with van der Waals surface area (Å²) >= 11 is 1.16. The number of thioether (sulfide) groups is 1. The summed E-state index contributed by atoms with van der Waals surface area (Å²) in [6.07, 6.45) is 0.749. The van der Waals surface area contributed by atoms with Gasteiger partial charge in [-0.25, -0.2) is 17.7 Å². The Morgan fingerprint density at radius 1 is 1.40 bits per heavy atom. The van der Waals surface area contributed by atoms with Crippen LogP contribution in [0, 0.1) is 0 Å². The zero-order valence-electron chi connectivity index (χ0n) is 14.3. The lowest BCUT2D eigenvalue weighted by atomic mass is 10.3. The summed E-state index contributed by atoms with van der Waals surface area (Å²) in [4.78, 5) is 16.1. The van der Waals surface area contributed by atoms with Crippen molar-refractivity contribution in [1.29, 1.82) is 0 Å². The number of fused-ring (bicyclic) bond motifs is 1. The van der Waals surface area contributed by atoms with E-state index in [2.05, 4.69) is 10.3 Å². The number of oxazole rings is 1. The molecule has 0 aliphatic carbocycles. The van der Waals surface area contributed by atoms with E-state index in [1.165, 1.54) is 26.2 Å². The van der Waals surface area contributed by atoms with Gasteiger partial charge in [-0.2, -0.15) is 0 Å². The van der Waals surface area contributed by atoms with Crippen molar-refractivity contribution in [2.75, 3.05) is 40.1 Å². The van der Waals surface area contributed by atoms with Gasteiger partial charge in [0.2, 0.25) is 15.9 Å². The maximum absolute atomic E-state index is 12.1. The molecule has 0 fully saturated rings. The minimum absolute atomic E-state index is 0.126. The first-order valence-corrected chi connectivity index (χ1v) is 9.98. The molecule has 0 aliphatic heterocycles. The Hall–Kier alpha value is -1.62. The summed E-state index contributed by atoms with van der Waals surface area (Å²) < 4.78 is 35.9. The lowest BCUT2D eigenvalue weighted by molar-refractivity contribution is -0.118. The molecule has 0 unspecified atom stereocenters. The number of hydrogen-bond donors (Lipinski definition) is 1. The standard InChI is InChI=1S/C15H21N3O5S2/c1-18(2)25(20,21)11-5-6-13-12(9-11)17-15(23-13)24-10-14(19)16-7-4-8-22-3/h5-6,9H,4,7-8,10H2,1-3H3,(H,16,19). The average molecular weight is 387 g/mol. The minimum Gasteiger partial charge on any atom is -0.431 e. The number of carbonyl (C=O) groups is 1. The summed E-state index contributed by atoms with van der Waals surface area (Å²) in [7, 11) is 1.02. The number of benzene rings is 1. The van der Waals surface area contributed by atoms with Gasteiger partial charge in [-0.3, -0.25) is 4.79 Å². The molecular formula is C15H21N3O5S2. The summed E-state index contributed by atoms with van der Waals surface area (Å²) in [5, 5.41) is 3.09. The molecule has 25 heavy (non-hydrogen) atoms. The Balaban J connectivity index is 2.00. The van der Waals surface area contributed by atoms with Gasteiger partial charge in [0, 0.05) is 34.4 Å². The highest BCUT2D eigenvalue weighted by Gasteiger charge is 2.19. The van der Waals surface area contributed by atoms with Crippen molar-refractivity contribution in [3.8, 4) is 0 Å². The van der Waals surface area contributed by atoms with Crippen molar-refractivity contribution in [1.82, 2.24) is 14.6 Å². The van der Waals surface area contributed by atoms with Gasteiger partial charge in [-0.1, -0.05) is 11.8 Å². The number of amides is 1. The van der Waals surface area contributed by atoms with Gasteiger partial charge >= 0.3 is 0 Å². The lowest BCUT2D eigenvalue weighted by Crippen LogP contribution is -2.26. The van der Waals surface area contributed by atoms with Crippen LogP contribution in [-0.4, -0.2) is 63.7 Å². The van der Waals surface area contributed by atoms with Gasteiger partial charge < -0.3 is 14.5 Å². The molecule has 2 aromatic rings. The average Bonchev–Trinajstić information content (AvgIpc) is 2.98. The van der Waals surface area contributed by atoms with E-state index in [1.807, 2.05) is 0 Å². The Kier molecular flexibility index (Phi) is 6.82. The Bertz CT molecular complexity index is 833. The smallest absolute Gasteiger partial charge is 0.257 e. The fourth-order valence-corrected chi connectivity index (χ4v) is 3.53. The second kappa shape index (κ2) is 8.65. The SMILES string of the molecule is COCCCNC(=O)CSc1nc2cc(S(=O)(=O)N(C)C)ccc2o1. The lowest BCUT2D eigenvalue weighted by Gasteiger charge is -2.10. The highest BCUT2D eigenvalue weighted by atomic mass is 32.2. The highest BCUT2D eigenvalue weighted by molar-refractivity contribution is 7.99. The van der Waals surface area contributed by atoms with Crippen molar-refractivity contribution in [3.05, 3.63) is 18.2 Å². The van der Waals surface area contributed by atoms with E-state index in [1.54, 1.807) is 13.2 Å². The molecule has 1 heterocycles. The van der Waals surface area contributed by atoms with Gasteiger partial charge in [0.15, 0.2) is 5.58 Å². The molecule has 138 valence electrons. The van der Waals surface area contributed by atoms with E-state index in [0.717, 1.165) is 22.5 Å². The van der Waals surface area contributed by atoms with Crippen molar-refractivity contribution in [2.45, 2.75) is 16.5 Å². The molecule has 8 nitrogen and oxygen atoms in total. The zero-order valence-corrected chi connectivity index (χ0v) is 15.9. The topological polar surface area (TPSA) is 102 Å². The van der Waals surface area contributed by atoms with E-state index in [9.17, 15) is 13.2 Å². The third-order valence-corrected chi connectivity index (χ3v) is 5.93. The predicted molar refractivity (Wildman–Crippen MR) is 95.1 cm³/mol. The van der Waals surface area contributed by atoms with Crippen LogP contribution < -0.4 is 5.32 Å². The fraction of sp³-hybridized carbons (Fsp3) is 0.467. The van der Waals surface area contributed by atoms with E-state index < -0.39 is 10.0 Å². The highest BCUT2D eigenvalue weighted by Crippen LogP contribution is 2.26. The van der Waals surface area contributed by atoms with E-state index >= 15 is 0 Å². The number of rotatable bonds is 9. The number of nitrogens with one attached hydrogen (secondary N) is 1. The molecule has 0 aliphatic rings. The van der Waals surface area contributed by atoms with E-state index in [-0.39, 0.29) is 16.6 Å². The second-order valence-electron chi connectivity index (χ2n) is 5.38. The third-order valence-electron chi connectivity index (χ3n) is 3.29. The van der Waals surface area contributed by atoms with Crippen molar-refractivity contribution < 1.29 is 22.4 Å². The maximum atomic E-state index is 12.1. The van der Waals surface area contributed by atoms with Gasteiger partial charge in [-0.15, -0.1) is 0 Å². The number of hydrogen-bond acceptors (Lipinski definition) is 7. The van der Waals surface area contributed by atoms with E-state index in [4.69, 9.17) is 9.15 Å². The molecule has 1 N–H and O–H groups in total. The summed E-state index contributed by atoms with van der Waals surface area (Å²) in [5.74, 6) is 0.0436. The molecule has 1 aromatic carbocycles. The van der Waals surface area contributed by atoms with Gasteiger partial charge in [0.1, 0.15) is 5.52 Å². The first-order chi connectivity index (χ1) is 11.8. The number of aromatic nitrogens is 1. The quantitative estimate of drug-likeness (QED) is 0.511. The van der Waals surface area contributed by atoms with Crippen LogP contribution in [0.15, 0.2) is 32.7 Å². The number of carbonyl (C=O) groups excluding carboxylic acids is 1. The molecule has 0 bridgehead atoms. The number of sulfonamides is 1. The van der Waals surface area contributed by atoms with Crippen LogP contribution in [0.5, 0.6) is 0 Å². The van der Waals surface area contributed by atoms with Gasteiger partial charge in [0.25, 0.3) is 5.22 Å². The van der Waals surface area contributed by atoms with Crippen molar-refractivity contribution in [2.24, 2.45) is 0 Å². The summed E-state index contributed by atoms with van der Waals surface area (Å²) in [6.45, 7) is 1.14. The first-order valence-electron chi connectivity index (χ1n) is 7.56. The summed E-state index contributed by atoms with van der Waals surface area (Å²) in [5.41, 5.74) is 0.909. The van der Waals surface area contributed by atoms with Crippen LogP contribution >= 0.6 is 11.8 Å². The minimum atomic E-state index is -3.53. The van der Waals surface area contributed by atoms with Crippen LogP contribution in [0.3, 0.4) is 0 Å². The van der Waals surface area contributed by atoms with Crippen molar-refractivity contribution in [3.63, 3.8) is 0 Å². The second-order valence-corrected chi connectivity index (χ2v) is 8.46. The van der Waals surface area contributed by atoms with E-state index in [0.29, 0.717) is 29.5 Å². The predicted octanol–water partition coefficient (Wildman–Crippen LogP) is 1.32. The summed E-state index contributed by atoms with van der Waals surface area (Å²) in [6, 6.07) is 4.50. The first kappa shape index (κ1) is 19.7. The molecule has 0 saturated heterocycles. The zero-order chi connectivity index (χ0) is 18.4. The number of methoxy groups -OCH3 is 1. The molecule has 1 amide bonds. The molecule has 0 radical (unpaired) electrons. The van der Waals surface area contributed by atoms with Gasteiger partial charge in [-0.05, 0) is 24.6 Å². The Labute approximate surface area is 151 Å². The van der Waals surface area contributed by atoms with Crippen LogP contribution in [-0.2, 0) is 19.6 Å². The third kappa shape index (κ3) is 5.18. The van der Waals surface area contributed by atoms with Crippen LogP contribution in [0.25, 0.3) is 11.1 Å². The number of ether oxygens (including phenoxy) is 1. The van der Waals surface area contributed by atoms with Crippen LogP contribution in [0.4, 0.5) is 0 Å². The number of nitrogens with zero attached hydrogens (tertiary/aromatic N) is 2. The largest absolute Gasteiger partial charge is 0.431 e. The molecule has 0 atom stereocenters. The molecular weight excluding hydrogens is 366 g/mol. The maximum Gasteiger partial charge on any atom is 0.257 e. The van der Waals surface area contributed by atoms with Crippen molar-refractivity contribution >= 4 is 38.8 Å². The molecule has 0 saturated carbocycles. The van der Waals surface area contributed by atoms with Gasteiger partial charge in [0.05, 0.1) is 10.6 Å². The monoisotopic (exact) mass is 387 g/mol. The molecule has 0 spiro atoms. The Morgan fingerprint density at radius 2 is 2.16 bits per heavy atom. The molecule has 1 aromatic heterocycles. The Morgan fingerprint density at radius 3 is 2.84 bits per heavy atom.